The van der Waals surface area contributed by atoms with E-state index in [2.05, 4.69) is 16.8 Å². The predicted molar refractivity (Wildman–Crippen MR) is 79.6 cm³/mol. The van der Waals surface area contributed by atoms with Crippen LogP contribution in [0.4, 0.5) is 0 Å². The summed E-state index contributed by atoms with van der Waals surface area (Å²) in [5.41, 5.74) is -0.305. The van der Waals surface area contributed by atoms with Crippen LogP contribution in [0.3, 0.4) is 0 Å². The first kappa shape index (κ1) is 15.5. The molecule has 0 aromatic rings. The molecule has 2 rings (SSSR count). The number of piperidine rings is 1. The third-order valence-electron chi connectivity index (χ3n) is 4.48. The fourth-order valence-electron chi connectivity index (χ4n) is 3.25. The zero-order chi connectivity index (χ0) is 14.4. The molecule has 0 aliphatic carbocycles. The van der Waals surface area contributed by atoms with E-state index in [1.807, 2.05) is 11.0 Å². The SMILES string of the molecule is C=CCN1CCN(C(=O)C2(COC)CCNCC2)CC1. The van der Waals surface area contributed by atoms with Crippen LogP contribution in [0.15, 0.2) is 12.7 Å². The summed E-state index contributed by atoms with van der Waals surface area (Å²) in [4.78, 5) is 17.3. The minimum atomic E-state index is -0.305. The van der Waals surface area contributed by atoms with Crippen molar-refractivity contribution in [3.05, 3.63) is 12.7 Å². The maximum atomic E-state index is 12.9. The monoisotopic (exact) mass is 281 g/mol. The molecule has 0 aromatic heterocycles. The number of carbonyl (C=O) groups is 1. The summed E-state index contributed by atoms with van der Waals surface area (Å²) in [5.74, 6) is 0.291. The van der Waals surface area contributed by atoms with Crippen molar-refractivity contribution in [3.8, 4) is 0 Å². The van der Waals surface area contributed by atoms with Gasteiger partial charge in [-0.3, -0.25) is 9.69 Å². The largest absolute Gasteiger partial charge is 0.384 e. The molecule has 0 atom stereocenters. The quantitative estimate of drug-likeness (QED) is 0.738. The number of piperazine rings is 1. The zero-order valence-electron chi connectivity index (χ0n) is 12.6. The standard InChI is InChI=1S/C15H27N3O2/c1-3-8-17-9-11-18(12-10-17)14(19)15(13-20-2)4-6-16-7-5-15/h3,16H,1,4-13H2,2H3. The number of nitrogens with zero attached hydrogens (tertiary/aromatic N) is 2. The van der Waals surface area contributed by atoms with Crippen LogP contribution >= 0.6 is 0 Å². The summed E-state index contributed by atoms with van der Waals surface area (Å²) in [7, 11) is 1.69. The first-order chi connectivity index (χ1) is 9.72. The lowest BCUT2D eigenvalue weighted by molar-refractivity contribution is -0.149. The molecular weight excluding hydrogens is 254 g/mol. The Kier molecular flexibility index (Phi) is 5.57. The van der Waals surface area contributed by atoms with Crippen molar-refractivity contribution in [2.45, 2.75) is 12.8 Å². The Labute approximate surface area is 121 Å². The molecule has 1 amide bonds. The Morgan fingerprint density at radius 1 is 1.30 bits per heavy atom. The summed E-state index contributed by atoms with van der Waals surface area (Å²) in [5, 5.41) is 3.33. The van der Waals surface area contributed by atoms with Crippen LogP contribution in [0.1, 0.15) is 12.8 Å². The molecule has 0 unspecified atom stereocenters. The number of rotatable bonds is 5. The minimum Gasteiger partial charge on any atom is -0.384 e. The lowest BCUT2D eigenvalue weighted by Gasteiger charge is -2.42. The average Bonchev–Trinajstić information content (AvgIpc) is 2.49. The lowest BCUT2D eigenvalue weighted by Crippen LogP contribution is -2.56. The molecule has 5 heteroatoms. The van der Waals surface area contributed by atoms with Crippen molar-refractivity contribution in [2.75, 3.05) is 59.5 Å². The molecule has 2 aliphatic heterocycles. The van der Waals surface area contributed by atoms with Gasteiger partial charge in [-0.15, -0.1) is 6.58 Å². The third-order valence-corrected chi connectivity index (χ3v) is 4.48. The van der Waals surface area contributed by atoms with E-state index in [1.165, 1.54) is 0 Å². The van der Waals surface area contributed by atoms with Gasteiger partial charge < -0.3 is 15.0 Å². The van der Waals surface area contributed by atoms with Crippen LogP contribution in [0, 0.1) is 5.41 Å². The predicted octanol–water partition coefficient (Wildman–Crippen LogP) is 0.333. The second kappa shape index (κ2) is 7.20. The van der Waals surface area contributed by atoms with Crippen molar-refractivity contribution < 1.29 is 9.53 Å². The van der Waals surface area contributed by atoms with E-state index in [0.29, 0.717) is 12.5 Å². The van der Waals surface area contributed by atoms with E-state index >= 15 is 0 Å². The smallest absolute Gasteiger partial charge is 0.231 e. The number of nitrogens with one attached hydrogen (secondary N) is 1. The van der Waals surface area contributed by atoms with Crippen molar-refractivity contribution in [3.63, 3.8) is 0 Å². The van der Waals surface area contributed by atoms with Gasteiger partial charge in [0.05, 0.1) is 12.0 Å². The number of hydrogen-bond acceptors (Lipinski definition) is 4. The Morgan fingerprint density at radius 3 is 2.50 bits per heavy atom. The highest BCUT2D eigenvalue weighted by atomic mass is 16.5. The van der Waals surface area contributed by atoms with E-state index in [4.69, 9.17) is 4.74 Å². The molecular formula is C15H27N3O2. The summed E-state index contributed by atoms with van der Waals surface area (Å²) in [6.07, 6.45) is 3.69. The topological polar surface area (TPSA) is 44.8 Å². The Hall–Kier alpha value is -0.910. The summed E-state index contributed by atoms with van der Waals surface area (Å²) >= 11 is 0. The van der Waals surface area contributed by atoms with Gasteiger partial charge in [0.2, 0.25) is 5.91 Å². The summed E-state index contributed by atoms with van der Waals surface area (Å²) in [6, 6.07) is 0. The molecule has 0 saturated carbocycles. The van der Waals surface area contributed by atoms with Gasteiger partial charge in [0.1, 0.15) is 0 Å². The molecule has 0 bridgehead atoms. The molecule has 20 heavy (non-hydrogen) atoms. The highest BCUT2D eigenvalue weighted by molar-refractivity contribution is 5.83. The van der Waals surface area contributed by atoms with Gasteiger partial charge in [-0.05, 0) is 25.9 Å². The molecule has 114 valence electrons. The molecule has 0 radical (unpaired) electrons. The maximum Gasteiger partial charge on any atom is 0.231 e. The molecule has 1 N–H and O–H groups in total. The van der Waals surface area contributed by atoms with E-state index in [-0.39, 0.29) is 5.41 Å². The van der Waals surface area contributed by atoms with Gasteiger partial charge in [0.15, 0.2) is 0 Å². The minimum absolute atomic E-state index is 0.291. The first-order valence-electron chi connectivity index (χ1n) is 7.54. The molecule has 2 fully saturated rings. The zero-order valence-corrected chi connectivity index (χ0v) is 12.6. The average molecular weight is 281 g/mol. The maximum absolute atomic E-state index is 12.9. The number of carbonyl (C=O) groups excluding carboxylic acids is 1. The van der Waals surface area contributed by atoms with E-state index in [9.17, 15) is 4.79 Å². The van der Waals surface area contributed by atoms with Crippen LogP contribution in [0.2, 0.25) is 0 Å². The van der Waals surface area contributed by atoms with E-state index < -0.39 is 0 Å². The second-order valence-corrected chi connectivity index (χ2v) is 5.84. The Bertz CT molecular complexity index is 327. The molecule has 5 nitrogen and oxygen atoms in total. The normalized spacial score (nSPS) is 23.6. The Balaban J connectivity index is 1.96. The molecule has 0 spiro atoms. The number of methoxy groups -OCH3 is 1. The van der Waals surface area contributed by atoms with Crippen LogP contribution in [-0.2, 0) is 9.53 Å². The molecule has 2 heterocycles. The third kappa shape index (κ3) is 3.40. The van der Waals surface area contributed by atoms with Gasteiger partial charge >= 0.3 is 0 Å². The van der Waals surface area contributed by atoms with Gasteiger partial charge in [-0.25, -0.2) is 0 Å². The van der Waals surface area contributed by atoms with Crippen LogP contribution in [0.25, 0.3) is 0 Å². The highest BCUT2D eigenvalue weighted by Crippen LogP contribution is 2.32. The highest BCUT2D eigenvalue weighted by Gasteiger charge is 2.42. The number of hydrogen-bond donors (Lipinski definition) is 1. The van der Waals surface area contributed by atoms with Crippen LogP contribution in [0.5, 0.6) is 0 Å². The number of amides is 1. The van der Waals surface area contributed by atoms with Crippen molar-refractivity contribution in [2.24, 2.45) is 5.41 Å². The van der Waals surface area contributed by atoms with Crippen molar-refractivity contribution in [1.29, 1.82) is 0 Å². The van der Waals surface area contributed by atoms with Gasteiger partial charge in [-0.1, -0.05) is 6.08 Å². The van der Waals surface area contributed by atoms with Crippen molar-refractivity contribution >= 4 is 5.91 Å². The fourth-order valence-corrected chi connectivity index (χ4v) is 3.25. The van der Waals surface area contributed by atoms with Crippen LogP contribution < -0.4 is 5.32 Å². The lowest BCUT2D eigenvalue weighted by atomic mass is 9.78. The van der Waals surface area contributed by atoms with Crippen molar-refractivity contribution in [1.82, 2.24) is 15.1 Å². The van der Waals surface area contributed by atoms with Gasteiger partial charge in [0.25, 0.3) is 0 Å². The molecule has 2 aliphatic rings. The Morgan fingerprint density at radius 2 is 1.95 bits per heavy atom. The second-order valence-electron chi connectivity index (χ2n) is 5.84. The van der Waals surface area contributed by atoms with Crippen LogP contribution in [-0.4, -0.2) is 75.2 Å². The van der Waals surface area contributed by atoms with Gasteiger partial charge in [0, 0.05) is 39.8 Å². The molecule has 0 aromatic carbocycles. The fraction of sp³-hybridized carbons (Fsp3) is 0.800. The number of ether oxygens (including phenoxy) is 1. The first-order valence-corrected chi connectivity index (χ1v) is 7.54. The summed E-state index contributed by atoms with van der Waals surface area (Å²) in [6.45, 7) is 10.6. The van der Waals surface area contributed by atoms with E-state index in [1.54, 1.807) is 7.11 Å². The summed E-state index contributed by atoms with van der Waals surface area (Å²) < 4.78 is 5.36. The van der Waals surface area contributed by atoms with E-state index in [0.717, 1.165) is 58.7 Å². The van der Waals surface area contributed by atoms with Gasteiger partial charge in [-0.2, -0.15) is 0 Å². The molecule has 2 saturated heterocycles.